The number of hydrogen-bond acceptors (Lipinski definition) is 9. The van der Waals surface area contributed by atoms with Crippen molar-refractivity contribution in [2.24, 2.45) is 0 Å². The van der Waals surface area contributed by atoms with Gasteiger partial charge in [-0.25, -0.2) is 4.98 Å². The number of amides is 1. The van der Waals surface area contributed by atoms with E-state index >= 15 is 0 Å². The normalized spacial score (nSPS) is 10.8. The highest BCUT2D eigenvalue weighted by atomic mass is 16.5. The number of pyridine rings is 2. The van der Waals surface area contributed by atoms with Crippen molar-refractivity contribution in [2.75, 3.05) is 12.4 Å². The van der Waals surface area contributed by atoms with E-state index in [2.05, 4.69) is 35.5 Å². The molecule has 1 amide bonds. The van der Waals surface area contributed by atoms with Crippen LogP contribution in [0.25, 0.3) is 11.5 Å². The van der Waals surface area contributed by atoms with E-state index in [0.29, 0.717) is 28.8 Å². The number of nitrogens with one attached hydrogen (secondary N) is 1. The van der Waals surface area contributed by atoms with Crippen molar-refractivity contribution in [3.63, 3.8) is 0 Å². The molecule has 0 aliphatic carbocycles. The van der Waals surface area contributed by atoms with Crippen molar-refractivity contribution in [2.45, 2.75) is 19.9 Å². The third-order valence-corrected chi connectivity index (χ3v) is 4.34. The van der Waals surface area contributed by atoms with Crippen LogP contribution in [0.5, 0.6) is 17.5 Å². The lowest BCUT2D eigenvalue weighted by Gasteiger charge is -2.11. The predicted molar refractivity (Wildman–Crippen MR) is 114 cm³/mol. The summed E-state index contributed by atoms with van der Waals surface area (Å²) in [5, 5.41) is 10.8. The molecule has 0 aromatic carbocycles. The van der Waals surface area contributed by atoms with Crippen LogP contribution in [0.4, 0.5) is 5.82 Å². The lowest BCUT2D eigenvalue weighted by Crippen LogP contribution is -2.15. The van der Waals surface area contributed by atoms with Crippen LogP contribution in [0.3, 0.4) is 0 Å². The molecule has 4 aromatic rings. The molecule has 0 fully saturated rings. The van der Waals surface area contributed by atoms with Gasteiger partial charge < -0.3 is 19.4 Å². The maximum Gasteiger partial charge on any atom is 0.316 e. The van der Waals surface area contributed by atoms with E-state index < -0.39 is 5.91 Å². The molecule has 32 heavy (non-hydrogen) atoms. The number of rotatable bonds is 7. The Kier molecular flexibility index (Phi) is 5.97. The quantitative estimate of drug-likeness (QED) is 0.468. The molecule has 1 N–H and O–H groups in total. The van der Waals surface area contributed by atoms with Crippen molar-refractivity contribution in [3.05, 3.63) is 60.9 Å². The van der Waals surface area contributed by atoms with E-state index in [1.54, 1.807) is 24.5 Å². The van der Waals surface area contributed by atoms with Gasteiger partial charge in [-0.05, 0) is 32.0 Å². The van der Waals surface area contributed by atoms with Crippen LogP contribution in [0.15, 0.2) is 55.2 Å². The van der Waals surface area contributed by atoms with E-state index in [9.17, 15) is 4.79 Å². The maximum absolute atomic E-state index is 12.7. The number of ether oxygens (including phenoxy) is 2. The first kappa shape index (κ1) is 20.8. The van der Waals surface area contributed by atoms with Gasteiger partial charge in [0.1, 0.15) is 29.3 Å². The molecule has 0 atom stereocenters. The molecule has 162 valence electrons. The topological polar surface area (TPSA) is 130 Å². The summed E-state index contributed by atoms with van der Waals surface area (Å²) in [7, 11) is 1.48. The van der Waals surface area contributed by atoms with E-state index in [-0.39, 0.29) is 17.7 Å². The Morgan fingerprint density at radius 1 is 1.09 bits per heavy atom. The molecule has 0 unspecified atom stereocenters. The Morgan fingerprint density at radius 3 is 2.66 bits per heavy atom. The van der Waals surface area contributed by atoms with Gasteiger partial charge in [0.25, 0.3) is 5.91 Å². The van der Waals surface area contributed by atoms with E-state index in [0.717, 1.165) is 0 Å². The molecule has 4 rings (SSSR count). The second-order valence-corrected chi connectivity index (χ2v) is 6.90. The first-order valence-electron chi connectivity index (χ1n) is 9.71. The number of nitrogens with zero attached hydrogens (tertiary/aromatic N) is 7. The molecule has 0 aliphatic heterocycles. The van der Waals surface area contributed by atoms with Crippen molar-refractivity contribution in [1.82, 2.24) is 34.7 Å². The second kappa shape index (κ2) is 9.16. The van der Waals surface area contributed by atoms with Gasteiger partial charge in [-0.3, -0.25) is 9.78 Å². The molecular weight excluding hydrogens is 412 g/mol. The van der Waals surface area contributed by atoms with Gasteiger partial charge in [0.15, 0.2) is 11.6 Å². The first-order chi connectivity index (χ1) is 15.5. The Balaban J connectivity index is 1.49. The molecule has 0 saturated carbocycles. The Hall–Kier alpha value is -4.41. The lowest BCUT2D eigenvalue weighted by molar-refractivity contribution is 0.102. The maximum atomic E-state index is 12.7. The number of aromatic nitrogens is 7. The van der Waals surface area contributed by atoms with Gasteiger partial charge in [0.2, 0.25) is 0 Å². The van der Waals surface area contributed by atoms with Gasteiger partial charge in [-0.15, -0.1) is 10.2 Å². The van der Waals surface area contributed by atoms with Gasteiger partial charge in [0, 0.05) is 18.3 Å². The van der Waals surface area contributed by atoms with Gasteiger partial charge in [0.05, 0.1) is 19.5 Å². The standard InChI is InChI=1S/C21H20N8O3/c1-13(2)29-12-25-28-19(29)16-5-4-6-18(26-16)27-20(30)17-9-14(7-8-22-17)32-15-10-23-21(31-3)24-11-15/h4-13H,1-3H3,(H,26,27,30). The number of hydrogen-bond donors (Lipinski definition) is 1. The zero-order valence-electron chi connectivity index (χ0n) is 17.6. The van der Waals surface area contributed by atoms with Crippen LogP contribution in [0.1, 0.15) is 30.4 Å². The average Bonchev–Trinajstić information content (AvgIpc) is 3.30. The van der Waals surface area contributed by atoms with Crippen LogP contribution < -0.4 is 14.8 Å². The van der Waals surface area contributed by atoms with E-state index in [4.69, 9.17) is 9.47 Å². The SMILES string of the molecule is COc1ncc(Oc2ccnc(C(=O)Nc3cccc(-c4nncn4C(C)C)n3)c2)cn1. The minimum atomic E-state index is -0.434. The van der Waals surface area contributed by atoms with Crippen molar-refractivity contribution in [1.29, 1.82) is 0 Å². The summed E-state index contributed by atoms with van der Waals surface area (Å²) < 4.78 is 12.5. The summed E-state index contributed by atoms with van der Waals surface area (Å²) in [4.78, 5) is 29.3. The lowest BCUT2D eigenvalue weighted by atomic mass is 10.3. The molecule has 0 aliphatic rings. The molecule has 11 nitrogen and oxygen atoms in total. The number of carbonyl (C=O) groups is 1. The smallest absolute Gasteiger partial charge is 0.316 e. The third-order valence-electron chi connectivity index (χ3n) is 4.34. The summed E-state index contributed by atoms with van der Waals surface area (Å²) in [6, 6.07) is 8.82. The Morgan fingerprint density at radius 2 is 1.91 bits per heavy atom. The molecule has 11 heteroatoms. The van der Waals surface area contributed by atoms with Crippen LogP contribution in [0, 0.1) is 0 Å². The van der Waals surface area contributed by atoms with Gasteiger partial charge in [-0.2, -0.15) is 9.97 Å². The molecule has 4 heterocycles. The van der Waals surface area contributed by atoms with Gasteiger partial charge >= 0.3 is 6.01 Å². The highest BCUT2D eigenvalue weighted by Gasteiger charge is 2.14. The summed E-state index contributed by atoms with van der Waals surface area (Å²) in [6.45, 7) is 4.05. The average molecular weight is 432 g/mol. The minimum Gasteiger partial charge on any atom is -0.467 e. The molecule has 0 saturated heterocycles. The van der Waals surface area contributed by atoms with Gasteiger partial charge in [-0.1, -0.05) is 6.07 Å². The van der Waals surface area contributed by atoms with Crippen LogP contribution >= 0.6 is 0 Å². The molecule has 0 radical (unpaired) electrons. The predicted octanol–water partition coefficient (Wildman–Crippen LogP) is 3.16. The van der Waals surface area contributed by atoms with Crippen molar-refractivity contribution >= 4 is 11.7 Å². The van der Waals surface area contributed by atoms with E-state index in [1.807, 2.05) is 24.5 Å². The first-order valence-corrected chi connectivity index (χ1v) is 9.71. The molecule has 4 aromatic heterocycles. The number of carbonyl (C=O) groups excluding carboxylic acids is 1. The highest BCUT2D eigenvalue weighted by molar-refractivity contribution is 6.02. The second-order valence-electron chi connectivity index (χ2n) is 6.90. The largest absolute Gasteiger partial charge is 0.467 e. The molecule has 0 bridgehead atoms. The van der Waals surface area contributed by atoms with Crippen molar-refractivity contribution in [3.8, 4) is 29.0 Å². The fourth-order valence-electron chi connectivity index (χ4n) is 2.81. The van der Waals surface area contributed by atoms with Crippen molar-refractivity contribution < 1.29 is 14.3 Å². The number of methoxy groups -OCH3 is 1. The summed E-state index contributed by atoms with van der Waals surface area (Å²) in [5.41, 5.74) is 0.757. The fraction of sp³-hybridized carbons (Fsp3) is 0.190. The van der Waals surface area contributed by atoms with Crippen LogP contribution in [0.2, 0.25) is 0 Å². The zero-order valence-corrected chi connectivity index (χ0v) is 17.6. The minimum absolute atomic E-state index is 0.162. The summed E-state index contributed by atoms with van der Waals surface area (Å²) in [5.74, 6) is 1.35. The zero-order chi connectivity index (χ0) is 22.5. The van der Waals surface area contributed by atoms with E-state index in [1.165, 1.54) is 31.8 Å². The number of anilines is 1. The summed E-state index contributed by atoms with van der Waals surface area (Å²) in [6.07, 6.45) is 6.06. The molecule has 0 spiro atoms. The third kappa shape index (κ3) is 4.67. The fourth-order valence-corrected chi connectivity index (χ4v) is 2.81. The van der Waals surface area contributed by atoms with Crippen LogP contribution in [-0.4, -0.2) is 47.7 Å². The Bertz CT molecular complexity index is 1220. The highest BCUT2D eigenvalue weighted by Crippen LogP contribution is 2.22. The monoisotopic (exact) mass is 432 g/mol. The summed E-state index contributed by atoms with van der Waals surface area (Å²) >= 11 is 0. The molecular formula is C21H20N8O3. The van der Waals surface area contributed by atoms with Crippen LogP contribution in [-0.2, 0) is 0 Å². The Labute approximate surface area is 183 Å².